The second-order valence-corrected chi connectivity index (χ2v) is 15.7. The first-order valence-electron chi connectivity index (χ1n) is 20.0. The molecule has 0 spiro atoms. The van der Waals surface area contributed by atoms with Crippen LogP contribution in [0.5, 0.6) is 0 Å². The molecule has 4 aliphatic rings. The van der Waals surface area contributed by atoms with E-state index in [0.29, 0.717) is 38.6 Å². The number of benzene rings is 2. The molecule has 0 radical (unpaired) electrons. The zero-order valence-corrected chi connectivity index (χ0v) is 32.5. The lowest BCUT2D eigenvalue weighted by Crippen LogP contribution is -2.62. The first kappa shape index (κ1) is 40.4. The first-order valence-corrected chi connectivity index (χ1v) is 20.0. The maximum Gasteiger partial charge on any atom is 0.328 e. The summed E-state index contributed by atoms with van der Waals surface area (Å²) in [5.74, 6) is -3.73. The number of carbonyl (C=O) groups is 7. The number of cyclic esters (lactones) is 1. The molecule has 6 rings (SSSR count). The molecule has 0 saturated carbocycles. The van der Waals surface area contributed by atoms with Crippen molar-refractivity contribution in [2.45, 2.75) is 115 Å². The van der Waals surface area contributed by atoms with Crippen LogP contribution in [0.1, 0.15) is 76.0 Å². The van der Waals surface area contributed by atoms with Gasteiger partial charge in [0, 0.05) is 26.1 Å². The van der Waals surface area contributed by atoms with Crippen molar-refractivity contribution in [2.24, 2.45) is 5.92 Å². The summed E-state index contributed by atoms with van der Waals surface area (Å²) in [4.78, 5) is 102. The highest BCUT2D eigenvalue weighted by Crippen LogP contribution is 2.28. The molecule has 14 nitrogen and oxygen atoms in total. The highest BCUT2D eigenvalue weighted by molar-refractivity contribution is 5.98. The van der Waals surface area contributed by atoms with Gasteiger partial charge in [-0.3, -0.25) is 28.8 Å². The van der Waals surface area contributed by atoms with Crippen LogP contribution in [0.4, 0.5) is 0 Å². The number of carbonyl (C=O) groups excluding carboxylic acids is 7. The third-order valence-electron chi connectivity index (χ3n) is 11.4. The van der Waals surface area contributed by atoms with Crippen molar-refractivity contribution in [3.63, 3.8) is 0 Å². The quantitative estimate of drug-likeness (QED) is 0.340. The predicted molar refractivity (Wildman–Crippen MR) is 205 cm³/mol. The SMILES string of the molecule is CCc1ccc(CC(=O)N[C@@H](Cc2ccccc2)C(=O)N[C@H]2COC(=O)C3C[C@@H](C)CN3C(=O)[C@H](C)NC(=O)[C@@H]3CCCCN3C(=O)[C@@H]3CCCN3C2=O)cc1. The summed E-state index contributed by atoms with van der Waals surface area (Å²) >= 11 is 0. The Kier molecular flexibility index (Phi) is 13.1. The van der Waals surface area contributed by atoms with Gasteiger partial charge < -0.3 is 35.4 Å². The zero-order chi connectivity index (χ0) is 39.9. The van der Waals surface area contributed by atoms with Crippen LogP contribution < -0.4 is 16.0 Å². The molecule has 2 aromatic carbocycles. The lowest BCUT2D eigenvalue weighted by atomic mass is 9.99. The molecule has 4 saturated heterocycles. The minimum absolute atomic E-state index is 0.0310. The number of nitrogens with zero attached hydrogens (tertiary/aromatic N) is 3. The Bertz CT molecular complexity index is 1790. The molecule has 2 aromatic rings. The van der Waals surface area contributed by atoms with E-state index in [2.05, 4.69) is 16.0 Å². The molecule has 0 aromatic heterocycles. The molecule has 1 unspecified atom stereocenters. The van der Waals surface area contributed by atoms with E-state index in [1.54, 1.807) is 6.92 Å². The number of fused-ring (bicyclic) bond motifs is 3. The molecule has 14 heteroatoms. The Hall–Kier alpha value is -5.27. The molecule has 4 aliphatic heterocycles. The third-order valence-corrected chi connectivity index (χ3v) is 11.4. The van der Waals surface area contributed by atoms with Crippen LogP contribution in [-0.2, 0) is 57.6 Å². The maximum atomic E-state index is 14.5. The van der Waals surface area contributed by atoms with E-state index < -0.39 is 72.5 Å². The number of ether oxygens (including phenoxy) is 1. The van der Waals surface area contributed by atoms with Gasteiger partial charge in [-0.1, -0.05) is 68.4 Å². The van der Waals surface area contributed by atoms with Crippen molar-refractivity contribution in [1.29, 1.82) is 0 Å². The van der Waals surface area contributed by atoms with Crippen LogP contribution in [0.2, 0.25) is 0 Å². The minimum atomic E-state index is -1.41. The second kappa shape index (κ2) is 18.1. The van der Waals surface area contributed by atoms with Gasteiger partial charge in [0.05, 0.1) is 6.42 Å². The van der Waals surface area contributed by atoms with Gasteiger partial charge in [-0.2, -0.15) is 0 Å². The van der Waals surface area contributed by atoms with Crippen molar-refractivity contribution in [3.05, 3.63) is 71.3 Å². The van der Waals surface area contributed by atoms with E-state index in [9.17, 15) is 33.6 Å². The fraction of sp³-hybridized carbons (Fsp3) is 0.548. The normalized spacial score (nSPS) is 26.8. The van der Waals surface area contributed by atoms with E-state index in [1.165, 1.54) is 14.7 Å². The molecule has 4 heterocycles. The number of nitrogens with one attached hydrogen (secondary N) is 3. The van der Waals surface area contributed by atoms with Crippen LogP contribution in [0, 0.1) is 5.92 Å². The highest BCUT2D eigenvalue weighted by atomic mass is 16.5. The number of aryl methyl sites for hydroxylation is 1. The zero-order valence-electron chi connectivity index (χ0n) is 32.5. The lowest BCUT2D eigenvalue weighted by molar-refractivity contribution is -0.158. The standard InChI is InChI=1S/C42H54N6O8/c1-4-28-15-17-30(18-16-28)23-36(49)44-31(22-29-11-6-5-7-12-29)37(50)45-32-25-56-42(55)35-21-26(2)24-48(35)39(52)27(3)43-38(51)33-13-8-9-19-46(33)41(54)34-14-10-20-47(34)40(32)53/h5-7,11-12,15-18,26-27,31-35H,4,8-10,13-14,19-25H2,1-3H3,(H,43,51)(H,44,49)(H,45,50)/t26-,27+,31+,32+,33+,34+,35?/m1/s1. The van der Waals surface area contributed by atoms with Crippen molar-refractivity contribution in [2.75, 3.05) is 26.2 Å². The van der Waals surface area contributed by atoms with Crippen molar-refractivity contribution >= 4 is 41.4 Å². The van der Waals surface area contributed by atoms with E-state index in [4.69, 9.17) is 4.74 Å². The lowest BCUT2D eigenvalue weighted by Gasteiger charge is -2.39. The van der Waals surface area contributed by atoms with Crippen LogP contribution in [0.3, 0.4) is 0 Å². The molecule has 300 valence electrons. The number of piperidine rings is 1. The number of esters is 1. The average molecular weight is 771 g/mol. The van der Waals surface area contributed by atoms with Crippen molar-refractivity contribution < 1.29 is 38.3 Å². The Labute approximate surface area is 328 Å². The Morgan fingerprint density at radius 1 is 0.786 bits per heavy atom. The Morgan fingerprint density at radius 2 is 1.46 bits per heavy atom. The summed E-state index contributed by atoms with van der Waals surface area (Å²) in [7, 11) is 0. The summed E-state index contributed by atoms with van der Waals surface area (Å²) in [6.45, 7) is 5.79. The summed E-state index contributed by atoms with van der Waals surface area (Å²) < 4.78 is 5.77. The fourth-order valence-corrected chi connectivity index (χ4v) is 8.37. The second-order valence-electron chi connectivity index (χ2n) is 15.7. The largest absolute Gasteiger partial charge is 0.461 e. The molecule has 56 heavy (non-hydrogen) atoms. The Balaban J connectivity index is 1.29. The number of hydrogen-bond donors (Lipinski definition) is 3. The molecular formula is C42H54N6O8. The maximum absolute atomic E-state index is 14.5. The number of amides is 6. The molecular weight excluding hydrogens is 716 g/mol. The van der Waals surface area contributed by atoms with E-state index in [1.807, 2.05) is 68.4 Å². The molecule has 3 N–H and O–H groups in total. The van der Waals surface area contributed by atoms with E-state index in [0.717, 1.165) is 29.5 Å². The van der Waals surface area contributed by atoms with Crippen molar-refractivity contribution in [1.82, 2.24) is 30.7 Å². The van der Waals surface area contributed by atoms with Gasteiger partial charge in [0.1, 0.15) is 42.9 Å². The van der Waals surface area contributed by atoms with Gasteiger partial charge in [0.2, 0.25) is 35.4 Å². The van der Waals surface area contributed by atoms with Crippen LogP contribution >= 0.6 is 0 Å². The third kappa shape index (κ3) is 9.39. The molecule has 4 fully saturated rings. The van der Waals surface area contributed by atoms with Crippen LogP contribution in [0.25, 0.3) is 0 Å². The number of hydrogen-bond acceptors (Lipinski definition) is 8. The molecule has 6 amide bonds. The minimum Gasteiger partial charge on any atom is -0.461 e. The van der Waals surface area contributed by atoms with Gasteiger partial charge in [-0.25, -0.2) is 4.79 Å². The first-order chi connectivity index (χ1) is 26.9. The monoisotopic (exact) mass is 770 g/mol. The highest BCUT2D eigenvalue weighted by Gasteiger charge is 2.46. The molecule has 0 aliphatic carbocycles. The topological polar surface area (TPSA) is 175 Å². The number of rotatable bonds is 8. The summed E-state index contributed by atoms with van der Waals surface area (Å²) in [5, 5.41) is 8.43. The van der Waals surface area contributed by atoms with Crippen LogP contribution in [0.15, 0.2) is 54.6 Å². The van der Waals surface area contributed by atoms with Gasteiger partial charge in [0.15, 0.2) is 0 Å². The van der Waals surface area contributed by atoms with E-state index in [-0.39, 0.29) is 43.7 Å². The average Bonchev–Trinajstić information content (AvgIpc) is 3.86. The fourth-order valence-electron chi connectivity index (χ4n) is 8.37. The summed E-state index contributed by atoms with van der Waals surface area (Å²) in [5.41, 5.74) is 2.68. The van der Waals surface area contributed by atoms with Gasteiger partial charge in [-0.15, -0.1) is 0 Å². The predicted octanol–water partition coefficient (Wildman–Crippen LogP) is 1.67. The Morgan fingerprint density at radius 3 is 2.20 bits per heavy atom. The van der Waals surface area contributed by atoms with Gasteiger partial charge >= 0.3 is 5.97 Å². The molecule has 0 bridgehead atoms. The summed E-state index contributed by atoms with van der Waals surface area (Å²) in [6.07, 6.45) is 4.01. The van der Waals surface area contributed by atoms with Gasteiger partial charge in [-0.05, 0) is 74.5 Å². The van der Waals surface area contributed by atoms with E-state index >= 15 is 0 Å². The molecule has 7 atom stereocenters. The smallest absolute Gasteiger partial charge is 0.328 e. The van der Waals surface area contributed by atoms with Gasteiger partial charge in [0.25, 0.3) is 0 Å². The van der Waals surface area contributed by atoms with Crippen LogP contribution in [-0.4, -0.2) is 119 Å². The van der Waals surface area contributed by atoms with Crippen molar-refractivity contribution in [3.8, 4) is 0 Å². The summed E-state index contributed by atoms with van der Waals surface area (Å²) in [6, 6.07) is 10.7.